The van der Waals surface area contributed by atoms with Crippen LogP contribution in [0.1, 0.15) is 84.0 Å². The number of likely N-dealkylation sites (tertiary alicyclic amines) is 1. The van der Waals surface area contributed by atoms with Gasteiger partial charge in [-0.2, -0.15) is 0 Å². The van der Waals surface area contributed by atoms with Gasteiger partial charge in [-0.3, -0.25) is 0 Å². The fourth-order valence-electron chi connectivity index (χ4n) is 3.00. The van der Waals surface area contributed by atoms with Gasteiger partial charge in [0.2, 0.25) is 0 Å². The van der Waals surface area contributed by atoms with Gasteiger partial charge in [0.25, 0.3) is 0 Å². The van der Waals surface area contributed by atoms with Crippen LogP contribution in [0.5, 0.6) is 0 Å². The molecule has 0 amide bonds. The number of nitrogens with zero attached hydrogens (tertiary/aromatic N) is 1. The summed E-state index contributed by atoms with van der Waals surface area (Å²) in [6.07, 6.45) is 16.8. The molecule has 0 aromatic heterocycles. The minimum atomic E-state index is 0.476. The van der Waals surface area contributed by atoms with Crippen LogP contribution in [0.15, 0.2) is 0 Å². The standard InChI is InChI=1S/C17H36N2/c1-2-3-4-5-6-7-8-9-10-11-14-19-15-12-17(18)13-16-19/h17H,2-16,18H2,1H3. The zero-order chi connectivity index (χ0) is 13.8. The van der Waals surface area contributed by atoms with Crippen molar-refractivity contribution < 1.29 is 0 Å². The van der Waals surface area contributed by atoms with E-state index in [1.54, 1.807) is 0 Å². The van der Waals surface area contributed by atoms with Gasteiger partial charge in [0.15, 0.2) is 0 Å². The van der Waals surface area contributed by atoms with Crippen molar-refractivity contribution >= 4 is 0 Å². The van der Waals surface area contributed by atoms with Crippen LogP contribution in [0.3, 0.4) is 0 Å². The molecule has 19 heavy (non-hydrogen) atoms. The summed E-state index contributed by atoms with van der Waals surface area (Å²) in [5.41, 5.74) is 5.92. The molecule has 1 aliphatic rings. The van der Waals surface area contributed by atoms with E-state index in [2.05, 4.69) is 11.8 Å². The van der Waals surface area contributed by atoms with E-state index < -0.39 is 0 Å². The molecule has 2 N–H and O–H groups in total. The number of hydrogen-bond acceptors (Lipinski definition) is 2. The molecular formula is C17H36N2. The van der Waals surface area contributed by atoms with E-state index in [4.69, 9.17) is 5.73 Å². The van der Waals surface area contributed by atoms with Crippen molar-refractivity contribution in [2.24, 2.45) is 5.73 Å². The number of unbranched alkanes of at least 4 members (excludes halogenated alkanes) is 9. The molecule has 1 saturated heterocycles. The molecule has 0 aromatic carbocycles. The average Bonchev–Trinajstić information content (AvgIpc) is 2.43. The van der Waals surface area contributed by atoms with Gasteiger partial charge >= 0.3 is 0 Å². The average molecular weight is 268 g/mol. The summed E-state index contributed by atoms with van der Waals surface area (Å²) >= 11 is 0. The maximum atomic E-state index is 5.92. The fourth-order valence-corrected chi connectivity index (χ4v) is 3.00. The van der Waals surface area contributed by atoms with Crippen molar-refractivity contribution in [3.05, 3.63) is 0 Å². The highest BCUT2D eigenvalue weighted by molar-refractivity contribution is 4.73. The van der Waals surface area contributed by atoms with Crippen molar-refractivity contribution in [3.63, 3.8) is 0 Å². The summed E-state index contributed by atoms with van der Waals surface area (Å²) in [5.74, 6) is 0. The lowest BCUT2D eigenvalue weighted by atomic mass is 10.0. The van der Waals surface area contributed by atoms with Gasteiger partial charge in [0.1, 0.15) is 0 Å². The molecule has 0 spiro atoms. The maximum absolute atomic E-state index is 5.92. The third-order valence-electron chi connectivity index (χ3n) is 4.46. The number of piperidine rings is 1. The fraction of sp³-hybridized carbons (Fsp3) is 1.00. The van der Waals surface area contributed by atoms with Crippen LogP contribution in [0.2, 0.25) is 0 Å². The second-order valence-corrected chi connectivity index (χ2v) is 6.36. The summed E-state index contributed by atoms with van der Waals surface area (Å²) in [6, 6.07) is 0.476. The molecule has 1 fully saturated rings. The first-order chi connectivity index (χ1) is 9.33. The molecule has 0 radical (unpaired) electrons. The van der Waals surface area contributed by atoms with Gasteiger partial charge in [-0.1, -0.05) is 64.7 Å². The third-order valence-corrected chi connectivity index (χ3v) is 4.46. The molecule has 1 rings (SSSR count). The minimum absolute atomic E-state index is 0.476. The van der Waals surface area contributed by atoms with E-state index in [1.807, 2.05) is 0 Å². The molecule has 0 aliphatic carbocycles. The van der Waals surface area contributed by atoms with Gasteiger partial charge in [0, 0.05) is 6.04 Å². The molecule has 0 unspecified atom stereocenters. The zero-order valence-corrected chi connectivity index (χ0v) is 13.2. The predicted molar refractivity (Wildman–Crippen MR) is 85.5 cm³/mol. The smallest absolute Gasteiger partial charge is 0.00631 e. The van der Waals surface area contributed by atoms with Crippen molar-refractivity contribution in [2.75, 3.05) is 19.6 Å². The van der Waals surface area contributed by atoms with Crippen LogP contribution >= 0.6 is 0 Å². The first-order valence-electron chi connectivity index (χ1n) is 8.81. The van der Waals surface area contributed by atoms with Crippen LogP contribution in [0.4, 0.5) is 0 Å². The Bertz CT molecular complexity index is 186. The molecule has 114 valence electrons. The lowest BCUT2D eigenvalue weighted by Gasteiger charge is -2.29. The van der Waals surface area contributed by atoms with E-state index in [-0.39, 0.29) is 0 Å². The van der Waals surface area contributed by atoms with E-state index >= 15 is 0 Å². The topological polar surface area (TPSA) is 29.3 Å². The highest BCUT2D eigenvalue weighted by Crippen LogP contribution is 2.12. The van der Waals surface area contributed by atoms with E-state index in [9.17, 15) is 0 Å². The summed E-state index contributed by atoms with van der Waals surface area (Å²) in [5, 5.41) is 0. The first kappa shape index (κ1) is 17.0. The molecule has 0 atom stereocenters. The van der Waals surface area contributed by atoms with Crippen LogP contribution in [0, 0.1) is 0 Å². The second-order valence-electron chi connectivity index (χ2n) is 6.36. The predicted octanol–water partition coefficient (Wildman–Crippen LogP) is 4.33. The molecule has 1 heterocycles. The SMILES string of the molecule is CCCCCCCCCCCCN1CCC(N)CC1. The molecule has 2 heteroatoms. The lowest BCUT2D eigenvalue weighted by molar-refractivity contribution is 0.209. The zero-order valence-electron chi connectivity index (χ0n) is 13.2. The third kappa shape index (κ3) is 9.45. The number of nitrogens with two attached hydrogens (primary N) is 1. The van der Waals surface area contributed by atoms with Crippen molar-refractivity contribution in [1.82, 2.24) is 4.90 Å². The summed E-state index contributed by atoms with van der Waals surface area (Å²) in [7, 11) is 0. The highest BCUT2D eigenvalue weighted by atomic mass is 15.1. The highest BCUT2D eigenvalue weighted by Gasteiger charge is 2.14. The Morgan fingerprint density at radius 2 is 1.26 bits per heavy atom. The molecule has 1 aliphatic heterocycles. The van der Waals surface area contributed by atoms with Gasteiger partial charge in [-0.05, 0) is 38.9 Å². The number of hydrogen-bond donors (Lipinski definition) is 1. The molecule has 2 nitrogen and oxygen atoms in total. The largest absolute Gasteiger partial charge is 0.328 e. The van der Waals surface area contributed by atoms with Crippen molar-refractivity contribution in [2.45, 2.75) is 90.0 Å². The molecule has 0 aromatic rings. The van der Waals surface area contributed by atoms with Crippen molar-refractivity contribution in [1.29, 1.82) is 0 Å². The first-order valence-corrected chi connectivity index (χ1v) is 8.81. The van der Waals surface area contributed by atoms with Gasteiger partial charge in [-0.15, -0.1) is 0 Å². The quantitative estimate of drug-likeness (QED) is 0.565. The lowest BCUT2D eigenvalue weighted by Crippen LogP contribution is -2.39. The Morgan fingerprint density at radius 1 is 0.789 bits per heavy atom. The maximum Gasteiger partial charge on any atom is 0.00631 e. The summed E-state index contributed by atoms with van der Waals surface area (Å²) < 4.78 is 0. The summed E-state index contributed by atoms with van der Waals surface area (Å²) in [4.78, 5) is 2.61. The Morgan fingerprint density at radius 3 is 1.79 bits per heavy atom. The van der Waals surface area contributed by atoms with E-state index in [1.165, 1.54) is 96.7 Å². The molecule has 0 bridgehead atoms. The van der Waals surface area contributed by atoms with Crippen molar-refractivity contribution in [3.8, 4) is 0 Å². The van der Waals surface area contributed by atoms with Gasteiger partial charge in [-0.25, -0.2) is 0 Å². The molecule has 0 saturated carbocycles. The van der Waals surface area contributed by atoms with Crippen LogP contribution in [0.25, 0.3) is 0 Å². The minimum Gasteiger partial charge on any atom is -0.328 e. The number of rotatable bonds is 11. The van der Waals surface area contributed by atoms with E-state index in [0.29, 0.717) is 6.04 Å². The van der Waals surface area contributed by atoms with Gasteiger partial charge in [0.05, 0.1) is 0 Å². The van der Waals surface area contributed by atoms with Gasteiger partial charge < -0.3 is 10.6 Å². The Labute approximate surface area is 121 Å². The van der Waals surface area contributed by atoms with Crippen LogP contribution in [-0.4, -0.2) is 30.6 Å². The summed E-state index contributed by atoms with van der Waals surface area (Å²) in [6.45, 7) is 6.07. The Kier molecular flexibility index (Phi) is 10.5. The monoisotopic (exact) mass is 268 g/mol. The molecular weight excluding hydrogens is 232 g/mol. The Hall–Kier alpha value is -0.0800. The Balaban J connectivity index is 1.76. The van der Waals surface area contributed by atoms with Crippen LogP contribution in [-0.2, 0) is 0 Å². The van der Waals surface area contributed by atoms with Crippen LogP contribution < -0.4 is 5.73 Å². The van der Waals surface area contributed by atoms with E-state index in [0.717, 1.165) is 0 Å². The normalized spacial score (nSPS) is 18.0. The second kappa shape index (κ2) is 11.7.